The van der Waals surface area contributed by atoms with Gasteiger partial charge in [0.15, 0.2) is 0 Å². The molecule has 0 aliphatic heterocycles. The van der Waals surface area contributed by atoms with Gasteiger partial charge in [0, 0.05) is 12.6 Å². The molecule has 2 nitrogen and oxygen atoms in total. The molecule has 0 aliphatic carbocycles. The first-order valence-corrected chi connectivity index (χ1v) is 2.59. The average molecular weight is 112 g/mol. The summed E-state index contributed by atoms with van der Waals surface area (Å²) in [6.07, 6.45) is 3.99. The first-order valence-electron chi connectivity index (χ1n) is 2.59. The van der Waals surface area contributed by atoms with E-state index in [0.29, 0.717) is 6.54 Å². The predicted octanol–water partition coefficient (Wildman–Crippen LogP) is 0.502. The van der Waals surface area contributed by atoms with Gasteiger partial charge in [0.05, 0.1) is 0 Å². The standard InChI is InChI=1S/C6H10NO/c1-3-5-6(8)7-4-2/h5H,4H2,1-2H3,(H,7,8). The van der Waals surface area contributed by atoms with E-state index in [1.54, 1.807) is 6.92 Å². The molecule has 0 saturated heterocycles. The Balaban J connectivity index is 3.33. The van der Waals surface area contributed by atoms with Crippen molar-refractivity contribution in [1.82, 2.24) is 5.32 Å². The molecule has 0 unspecified atom stereocenters. The third-order valence-corrected chi connectivity index (χ3v) is 0.626. The maximum atomic E-state index is 10.4. The van der Waals surface area contributed by atoms with E-state index in [9.17, 15) is 4.79 Å². The number of allylic oxidation sites excluding steroid dienone is 1. The number of nitrogens with one attached hydrogen (secondary N) is 1. The van der Waals surface area contributed by atoms with Crippen LogP contribution in [0.15, 0.2) is 6.08 Å². The Morgan fingerprint density at radius 3 is 2.88 bits per heavy atom. The third-order valence-electron chi connectivity index (χ3n) is 0.626. The minimum Gasteiger partial charge on any atom is -0.353 e. The van der Waals surface area contributed by atoms with Crippen LogP contribution < -0.4 is 5.32 Å². The molecule has 1 radical (unpaired) electrons. The maximum absolute atomic E-state index is 10.4. The number of rotatable bonds is 2. The first-order chi connectivity index (χ1) is 3.81. The molecule has 0 aromatic heterocycles. The molecule has 45 valence electrons. The monoisotopic (exact) mass is 112 g/mol. The maximum Gasteiger partial charge on any atom is 0.244 e. The summed E-state index contributed by atoms with van der Waals surface area (Å²) in [6.45, 7) is 4.24. The molecule has 1 N–H and O–H groups in total. The summed E-state index contributed by atoms with van der Waals surface area (Å²) in [5, 5.41) is 2.59. The second kappa shape index (κ2) is 4.37. The van der Waals surface area contributed by atoms with Crippen LogP contribution in [0.5, 0.6) is 0 Å². The van der Waals surface area contributed by atoms with Crippen LogP contribution in [0.25, 0.3) is 0 Å². The summed E-state index contributed by atoms with van der Waals surface area (Å²) in [5.74, 6) is -0.0741. The molecular weight excluding hydrogens is 102 g/mol. The van der Waals surface area contributed by atoms with Crippen LogP contribution in [0.3, 0.4) is 0 Å². The van der Waals surface area contributed by atoms with E-state index in [1.807, 2.05) is 6.92 Å². The van der Waals surface area contributed by atoms with Crippen LogP contribution in [0.2, 0.25) is 0 Å². The van der Waals surface area contributed by atoms with E-state index in [-0.39, 0.29) is 5.91 Å². The first kappa shape index (κ1) is 7.21. The Kier molecular flexibility index (Phi) is 3.94. The number of likely N-dealkylation sites (N-methyl/N-ethyl adjacent to an activating group) is 1. The molecule has 0 atom stereocenters. The Morgan fingerprint density at radius 2 is 2.50 bits per heavy atom. The molecule has 8 heavy (non-hydrogen) atoms. The van der Waals surface area contributed by atoms with Gasteiger partial charge in [0.2, 0.25) is 5.91 Å². The molecule has 0 bridgehead atoms. The van der Waals surface area contributed by atoms with E-state index >= 15 is 0 Å². The molecule has 2 heteroatoms. The van der Waals surface area contributed by atoms with Gasteiger partial charge >= 0.3 is 0 Å². The number of hydrogen-bond donors (Lipinski definition) is 1. The number of carbonyl (C=O) groups is 1. The molecule has 0 rings (SSSR count). The Hall–Kier alpha value is -0.790. The minimum atomic E-state index is -0.0741. The summed E-state index contributed by atoms with van der Waals surface area (Å²) in [5.41, 5.74) is 0. The highest BCUT2D eigenvalue weighted by molar-refractivity contribution is 5.86. The van der Waals surface area contributed by atoms with Crippen LogP contribution in [-0.2, 0) is 4.79 Å². The molecular formula is C6H10NO. The van der Waals surface area contributed by atoms with Crippen LogP contribution in [0.1, 0.15) is 13.8 Å². The molecule has 0 saturated carbocycles. The number of carbonyl (C=O) groups excluding carboxylic acids is 1. The lowest BCUT2D eigenvalue weighted by Gasteiger charge is -1.91. The molecule has 0 aromatic rings. The van der Waals surface area contributed by atoms with Crippen molar-refractivity contribution < 1.29 is 4.79 Å². The van der Waals surface area contributed by atoms with Gasteiger partial charge in [-0.05, 0) is 19.9 Å². The topological polar surface area (TPSA) is 29.1 Å². The normalized spacial score (nSPS) is 9.75. The Morgan fingerprint density at radius 1 is 1.88 bits per heavy atom. The average Bonchev–Trinajstić information content (AvgIpc) is 1.68. The fraction of sp³-hybridized carbons (Fsp3) is 0.500. The van der Waals surface area contributed by atoms with Gasteiger partial charge in [0.1, 0.15) is 0 Å². The van der Waals surface area contributed by atoms with Crippen LogP contribution in [0.4, 0.5) is 0 Å². The van der Waals surface area contributed by atoms with E-state index in [0.717, 1.165) is 0 Å². The zero-order chi connectivity index (χ0) is 6.41. The van der Waals surface area contributed by atoms with Crippen LogP contribution in [-0.4, -0.2) is 12.5 Å². The van der Waals surface area contributed by atoms with Crippen molar-refractivity contribution in [3.05, 3.63) is 12.2 Å². The minimum absolute atomic E-state index is 0.0741. The summed E-state index contributed by atoms with van der Waals surface area (Å²) >= 11 is 0. The molecule has 0 aromatic carbocycles. The zero-order valence-electron chi connectivity index (χ0n) is 5.19. The third kappa shape index (κ3) is 3.40. The largest absolute Gasteiger partial charge is 0.353 e. The predicted molar refractivity (Wildman–Crippen MR) is 32.2 cm³/mol. The molecule has 1 amide bonds. The summed E-state index contributed by atoms with van der Waals surface area (Å²) in [6, 6.07) is 0. The van der Waals surface area contributed by atoms with Gasteiger partial charge in [-0.1, -0.05) is 0 Å². The van der Waals surface area contributed by atoms with E-state index in [2.05, 4.69) is 11.4 Å². The van der Waals surface area contributed by atoms with Gasteiger partial charge < -0.3 is 5.32 Å². The number of hydrogen-bond acceptors (Lipinski definition) is 1. The van der Waals surface area contributed by atoms with Gasteiger partial charge in [-0.3, -0.25) is 4.79 Å². The van der Waals surface area contributed by atoms with E-state index in [4.69, 9.17) is 0 Å². The summed E-state index contributed by atoms with van der Waals surface area (Å²) in [7, 11) is 0. The Labute approximate surface area is 49.6 Å². The fourth-order valence-corrected chi connectivity index (χ4v) is 0.356. The zero-order valence-corrected chi connectivity index (χ0v) is 5.19. The molecule has 0 heterocycles. The van der Waals surface area contributed by atoms with Crippen molar-refractivity contribution >= 4 is 5.91 Å². The van der Waals surface area contributed by atoms with Crippen molar-refractivity contribution in [2.45, 2.75) is 13.8 Å². The van der Waals surface area contributed by atoms with E-state index in [1.165, 1.54) is 6.08 Å². The van der Waals surface area contributed by atoms with Crippen molar-refractivity contribution in [1.29, 1.82) is 0 Å². The van der Waals surface area contributed by atoms with Crippen LogP contribution >= 0.6 is 0 Å². The summed E-state index contributed by atoms with van der Waals surface area (Å²) < 4.78 is 0. The molecule has 0 aliphatic rings. The molecule has 0 spiro atoms. The second-order valence-corrected chi connectivity index (χ2v) is 1.33. The van der Waals surface area contributed by atoms with Crippen molar-refractivity contribution in [3.8, 4) is 0 Å². The highest BCUT2D eigenvalue weighted by Gasteiger charge is 1.85. The van der Waals surface area contributed by atoms with Gasteiger partial charge in [0.25, 0.3) is 0 Å². The van der Waals surface area contributed by atoms with Gasteiger partial charge in [-0.15, -0.1) is 0 Å². The highest BCUT2D eigenvalue weighted by Crippen LogP contribution is 1.67. The fourth-order valence-electron chi connectivity index (χ4n) is 0.356. The highest BCUT2D eigenvalue weighted by atomic mass is 16.1. The summed E-state index contributed by atoms with van der Waals surface area (Å²) in [4.78, 5) is 10.4. The van der Waals surface area contributed by atoms with Crippen molar-refractivity contribution in [2.75, 3.05) is 6.54 Å². The second-order valence-electron chi connectivity index (χ2n) is 1.33. The van der Waals surface area contributed by atoms with Crippen molar-refractivity contribution in [2.24, 2.45) is 0 Å². The lowest BCUT2D eigenvalue weighted by atomic mass is 10.5. The lowest BCUT2D eigenvalue weighted by Crippen LogP contribution is -2.19. The Bertz CT molecular complexity index is 96.7. The van der Waals surface area contributed by atoms with Gasteiger partial charge in [-0.2, -0.15) is 0 Å². The number of amides is 1. The SMILES string of the molecule is C/[C]=C\C(=O)NCC. The van der Waals surface area contributed by atoms with Gasteiger partial charge in [-0.25, -0.2) is 0 Å². The lowest BCUT2D eigenvalue weighted by molar-refractivity contribution is -0.116. The van der Waals surface area contributed by atoms with Crippen LogP contribution in [0, 0.1) is 6.08 Å². The quantitative estimate of drug-likeness (QED) is 0.518. The molecule has 0 fully saturated rings. The van der Waals surface area contributed by atoms with E-state index < -0.39 is 0 Å². The smallest absolute Gasteiger partial charge is 0.244 e. The van der Waals surface area contributed by atoms with Crippen molar-refractivity contribution in [3.63, 3.8) is 0 Å².